The van der Waals surface area contributed by atoms with Gasteiger partial charge >= 0.3 is 0 Å². The van der Waals surface area contributed by atoms with Crippen LogP contribution in [0.25, 0.3) is 10.8 Å². The number of anilines is 1. The maximum Gasteiger partial charge on any atom is 0.105 e. The molecule has 0 fully saturated rings. The highest BCUT2D eigenvalue weighted by atomic mass is 15.5. The largest absolute Gasteiger partial charge is 0.367 e. The van der Waals surface area contributed by atoms with Crippen LogP contribution in [-0.4, -0.2) is 17.4 Å². The Bertz CT molecular complexity index is 1140. The average Bonchev–Trinajstić information content (AvgIpc) is 3.23. The van der Waals surface area contributed by atoms with E-state index in [2.05, 4.69) is 107 Å². The fourth-order valence-corrected chi connectivity index (χ4v) is 3.94. The first-order chi connectivity index (χ1) is 14.4. The van der Waals surface area contributed by atoms with E-state index in [9.17, 15) is 0 Å². The fraction of sp³-hybridized carbons (Fsp3) is 0.115. The van der Waals surface area contributed by atoms with Crippen LogP contribution in [0.5, 0.6) is 0 Å². The highest BCUT2D eigenvalue weighted by molar-refractivity contribution is 6.01. The van der Waals surface area contributed by atoms with Crippen molar-refractivity contribution in [2.45, 2.75) is 12.5 Å². The molecule has 29 heavy (non-hydrogen) atoms. The van der Waals surface area contributed by atoms with Crippen molar-refractivity contribution in [1.82, 2.24) is 5.01 Å². The summed E-state index contributed by atoms with van der Waals surface area (Å²) in [6.07, 6.45) is 0.910. The number of nitrogens with one attached hydrogen (secondary N) is 1. The summed E-state index contributed by atoms with van der Waals surface area (Å²) in [5, 5.41) is 13.2. The van der Waals surface area contributed by atoms with Gasteiger partial charge in [0, 0.05) is 12.1 Å². The smallest absolute Gasteiger partial charge is 0.105 e. The van der Waals surface area contributed by atoms with E-state index in [-0.39, 0.29) is 6.04 Å². The number of hydrogen-bond donors (Lipinski definition) is 1. The van der Waals surface area contributed by atoms with Crippen LogP contribution in [-0.2, 0) is 0 Å². The van der Waals surface area contributed by atoms with Gasteiger partial charge in [-0.3, -0.25) is 5.01 Å². The van der Waals surface area contributed by atoms with Crippen LogP contribution in [0.1, 0.15) is 23.6 Å². The third-order valence-corrected chi connectivity index (χ3v) is 5.48. The van der Waals surface area contributed by atoms with Gasteiger partial charge in [-0.1, -0.05) is 91.0 Å². The van der Waals surface area contributed by atoms with Gasteiger partial charge in [-0.2, -0.15) is 5.10 Å². The number of fused-ring (bicyclic) bond motifs is 1. The molecule has 4 aromatic rings. The summed E-state index contributed by atoms with van der Waals surface area (Å²) in [6.45, 7) is 0.661. The minimum atomic E-state index is 0.236. The van der Waals surface area contributed by atoms with E-state index in [1.165, 1.54) is 21.9 Å². The van der Waals surface area contributed by atoms with E-state index in [0.717, 1.165) is 17.8 Å². The van der Waals surface area contributed by atoms with E-state index >= 15 is 0 Å². The SMILES string of the molecule is c1ccc(C2=NN(CNc3ccc4ccccc4c3)[C@H](c3ccccc3)C2)cc1. The van der Waals surface area contributed by atoms with E-state index in [1.54, 1.807) is 0 Å². The van der Waals surface area contributed by atoms with Crippen molar-refractivity contribution in [2.75, 3.05) is 12.0 Å². The molecule has 0 radical (unpaired) electrons. The number of hydrazone groups is 1. The monoisotopic (exact) mass is 377 g/mol. The van der Waals surface area contributed by atoms with Gasteiger partial charge < -0.3 is 5.32 Å². The summed E-state index contributed by atoms with van der Waals surface area (Å²) in [5.74, 6) is 0. The molecule has 0 aromatic heterocycles. The Morgan fingerprint density at radius 2 is 1.45 bits per heavy atom. The average molecular weight is 377 g/mol. The van der Waals surface area contributed by atoms with Crippen molar-refractivity contribution >= 4 is 22.2 Å². The van der Waals surface area contributed by atoms with Crippen LogP contribution in [0.4, 0.5) is 5.69 Å². The lowest BCUT2D eigenvalue weighted by molar-refractivity contribution is 0.250. The zero-order chi connectivity index (χ0) is 19.5. The first kappa shape index (κ1) is 17.5. The Labute approximate surface area is 171 Å². The van der Waals surface area contributed by atoms with Crippen molar-refractivity contribution in [3.05, 3.63) is 114 Å². The van der Waals surface area contributed by atoms with Gasteiger partial charge in [0.1, 0.15) is 6.67 Å². The van der Waals surface area contributed by atoms with Gasteiger partial charge in [-0.15, -0.1) is 0 Å². The minimum absolute atomic E-state index is 0.236. The normalized spacial score (nSPS) is 16.1. The molecule has 4 aromatic carbocycles. The second-order valence-electron chi connectivity index (χ2n) is 7.38. The predicted molar refractivity (Wildman–Crippen MR) is 121 cm³/mol. The lowest BCUT2D eigenvalue weighted by atomic mass is 9.99. The molecule has 1 aliphatic heterocycles. The molecular weight excluding hydrogens is 354 g/mol. The molecule has 1 atom stereocenters. The van der Waals surface area contributed by atoms with Crippen LogP contribution < -0.4 is 5.32 Å². The van der Waals surface area contributed by atoms with Crippen molar-refractivity contribution in [3.63, 3.8) is 0 Å². The Balaban J connectivity index is 1.40. The number of benzene rings is 4. The van der Waals surface area contributed by atoms with Gasteiger partial charge in [0.25, 0.3) is 0 Å². The zero-order valence-corrected chi connectivity index (χ0v) is 16.2. The van der Waals surface area contributed by atoms with Crippen molar-refractivity contribution in [2.24, 2.45) is 5.10 Å². The highest BCUT2D eigenvalue weighted by Crippen LogP contribution is 2.32. The molecule has 0 saturated carbocycles. The van der Waals surface area contributed by atoms with Gasteiger partial charge in [0.2, 0.25) is 0 Å². The number of rotatable bonds is 5. The lowest BCUT2D eigenvalue weighted by Gasteiger charge is -2.24. The number of hydrogen-bond acceptors (Lipinski definition) is 3. The summed E-state index contributed by atoms with van der Waals surface area (Å²) in [7, 11) is 0. The summed E-state index contributed by atoms with van der Waals surface area (Å²) >= 11 is 0. The third kappa shape index (κ3) is 3.72. The minimum Gasteiger partial charge on any atom is -0.367 e. The molecule has 0 amide bonds. The Morgan fingerprint density at radius 3 is 2.24 bits per heavy atom. The number of nitrogens with zero attached hydrogens (tertiary/aromatic N) is 2. The van der Waals surface area contributed by atoms with Gasteiger partial charge in [0.05, 0.1) is 11.8 Å². The quantitative estimate of drug-likeness (QED) is 0.458. The molecule has 0 unspecified atom stereocenters. The van der Waals surface area contributed by atoms with Gasteiger partial charge in [-0.25, -0.2) is 0 Å². The highest BCUT2D eigenvalue weighted by Gasteiger charge is 2.28. The standard InChI is InChI=1S/C26H23N3/c1-3-10-21(11-4-1)25-18-26(22-12-5-2-6-13-22)29(28-25)19-27-24-16-15-20-9-7-8-14-23(20)17-24/h1-17,26-27H,18-19H2/t26-/m0/s1. The molecule has 142 valence electrons. The van der Waals surface area contributed by atoms with Crippen LogP contribution >= 0.6 is 0 Å². The van der Waals surface area contributed by atoms with Crippen LogP contribution in [0.3, 0.4) is 0 Å². The van der Waals surface area contributed by atoms with Crippen LogP contribution in [0.2, 0.25) is 0 Å². The van der Waals surface area contributed by atoms with Crippen LogP contribution in [0, 0.1) is 0 Å². The fourth-order valence-electron chi connectivity index (χ4n) is 3.94. The summed E-state index contributed by atoms with van der Waals surface area (Å²) < 4.78 is 0. The second-order valence-corrected chi connectivity index (χ2v) is 7.38. The zero-order valence-electron chi connectivity index (χ0n) is 16.2. The Morgan fingerprint density at radius 1 is 0.759 bits per heavy atom. The van der Waals surface area contributed by atoms with Gasteiger partial charge in [0.15, 0.2) is 0 Å². The summed E-state index contributed by atoms with van der Waals surface area (Å²) in [5.41, 5.74) is 4.74. The van der Waals surface area contributed by atoms with Crippen molar-refractivity contribution in [3.8, 4) is 0 Å². The molecule has 0 spiro atoms. The first-order valence-corrected chi connectivity index (χ1v) is 10.0. The Hall–Kier alpha value is -3.59. The van der Waals surface area contributed by atoms with E-state index in [1.807, 2.05) is 6.07 Å². The molecule has 0 bridgehead atoms. The van der Waals surface area contributed by atoms with E-state index in [0.29, 0.717) is 6.67 Å². The predicted octanol–water partition coefficient (Wildman–Crippen LogP) is 6.06. The molecular formula is C26H23N3. The molecule has 1 aliphatic rings. The van der Waals surface area contributed by atoms with Crippen molar-refractivity contribution < 1.29 is 0 Å². The molecule has 0 aliphatic carbocycles. The third-order valence-electron chi connectivity index (χ3n) is 5.48. The van der Waals surface area contributed by atoms with Gasteiger partial charge in [-0.05, 0) is 34.0 Å². The van der Waals surface area contributed by atoms with E-state index in [4.69, 9.17) is 5.10 Å². The molecule has 1 N–H and O–H groups in total. The lowest BCUT2D eigenvalue weighted by Crippen LogP contribution is -2.25. The summed E-state index contributed by atoms with van der Waals surface area (Å²) in [6, 6.07) is 36.3. The maximum absolute atomic E-state index is 4.98. The Kier molecular flexibility index (Phi) is 4.71. The molecule has 1 heterocycles. The molecule has 0 saturated heterocycles. The second kappa shape index (κ2) is 7.80. The van der Waals surface area contributed by atoms with Crippen LogP contribution in [0.15, 0.2) is 108 Å². The van der Waals surface area contributed by atoms with Crippen molar-refractivity contribution in [1.29, 1.82) is 0 Å². The summed E-state index contributed by atoms with van der Waals surface area (Å²) in [4.78, 5) is 0. The molecule has 3 heteroatoms. The topological polar surface area (TPSA) is 27.6 Å². The maximum atomic E-state index is 4.98. The first-order valence-electron chi connectivity index (χ1n) is 10.0. The molecule has 5 rings (SSSR count). The van der Waals surface area contributed by atoms with E-state index < -0.39 is 0 Å². The molecule has 3 nitrogen and oxygen atoms in total.